The van der Waals surface area contributed by atoms with Gasteiger partial charge in [0.2, 0.25) is 5.91 Å². The summed E-state index contributed by atoms with van der Waals surface area (Å²) in [6.45, 7) is 3.06. The molecule has 0 radical (unpaired) electrons. The zero-order valence-electron chi connectivity index (χ0n) is 16.3. The number of benzene rings is 1. The Labute approximate surface area is 161 Å². The molecule has 2 rings (SSSR count). The number of hydrogen-bond donors (Lipinski definition) is 2. The van der Waals surface area contributed by atoms with Crippen molar-refractivity contribution in [3.05, 3.63) is 35.6 Å². The van der Waals surface area contributed by atoms with E-state index in [9.17, 15) is 14.0 Å². The molecule has 0 spiro atoms. The Bertz CT molecular complexity index is 616. The highest BCUT2D eigenvalue weighted by Gasteiger charge is 2.23. The molecule has 0 bridgehead atoms. The van der Waals surface area contributed by atoms with E-state index in [-0.39, 0.29) is 24.3 Å². The van der Waals surface area contributed by atoms with Crippen LogP contribution < -0.4 is 10.6 Å². The summed E-state index contributed by atoms with van der Waals surface area (Å²) in [7, 11) is 3.96. The number of carbonyl (C=O) groups excluding carboxylic acids is 2. The molecular weight excluding hydrogens is 347 g/mol. The second-order valence-electron chi connectivity index (χ2n) is 7.37. The van der Waals surface area contributed by atoms with E-state index in [1.807, 2.05) is 19.0 Å². The normalized spacial score (nSPS) is 15.0. The molecule has 7 heteroatoms. The molecule has 1 aromatic carbocycles. The van der Waals surface area contributed by atoms with Crippen molar-refractivity contribution in [1.82, 2.24) is 20.4 Å². The van der Waals surface area contributed by atoms with Gasteiger partial charge in [-0.15, -0.1) is 0 Å². The lowest BCUT2D eigenvalue weighted by molar-refractivity contribution is -0.121. The molecule has 2 N–H and O–H groups in total. The van der Waals surface area contributed by atoms with Gasteiger partial charge in [-0.3, -0.25) is 4.79 Å². The van der Waals surface area contributed by atoms with Crippen LogP contribution in [0.3, 0.4) is 0 Å². The van der Waals surface area contributed by atoms with Crippen LogP contribution in [0.2, 0.25) is 0 Å². The van der Waals surface area contributed by atoms with Gasteiger partial charge in [0.25, 0.3) is 0 Å². The topological polar surface area (TPSA) is 64.7 Å². The molecule has 1 saturated heterocycles. The quantitative estimate of drug-likeness (QED) is 0.729. The number of likely N-dealkylation sites (N-methyl/N-ethyl adjacent to an activating group) is 1. The Kier molecular flexibility index (Phi) is 8.51. The first-order chi connectivity index (χ1) is 13.0. The van der Waals surface area contributed by atoms with Crippen LogP contribution in [0.1, 0.15) is 31.2 Å². The summed E-state index contributed by atoms with van der Waals surface area (Å²) < 4.78 is 13.6. The Morgan fingerprint density at radius 1 is 1.19 bits per heavy atom. The minimum absolute atomic E-state index is 0.0990. The molecule has 1 fully saturated rings. The SMILES string of the molecule is CN(C)CCNC(=O)CCC1CCN(C(=O)NCc2ccccc2F)CC1. The van der Waals surface area contributed by atoms with Crippen LogP contribution in [-0.4, -0.2) is 62.0 Å². The number of carbonyl (C=O) groups is 2. The number of halogens is 1. The van der Waals surface area contributed by atoms with Crippen LogP contribution in [0.4, 0.5) is 9.18 Å². The Balaban J connectivity index is 1.62. The maximum Gasteiger partial charge on any atom is 0.317 e. The fourth-order valence-corrected chi connectivity index (χ4v) is 3.19. The number of amides is 3. The highest BCUT2D eigenvalue weighted by Crippen LogP contribution is 2.22. The highest BCUT2D eigenvalue weighted by molar-refractivity contribution is 5.76. The van der Waals surface area contributed by atoms with E-state index in [2.05, 4.69) is 10.6 Å². The van der Waals surface area contributed by atoms with Crippen LogP contribution in [-0.2, 0) is 11.3 Å². The van der Waals surface area contributed by atoms with Crippen LogP contribution in [0.15, 0.2) is 24.3 Å². The molecular formula is C20H31FN4O2. The van der Waals surface area contributed by atoms with Crippen LogP contribution in [0.5, 0.6) is 0 Å². The number of nitrogens with one attached hydrogen (secondary N) is 2. The van der Waals surface area contributed by atoms with Crippen molar-refractivity contribution in [3.8, 4) is 0 Å². The molecule has 0 aliphatic carbocycles. The first kappa shape index (κ1) is 21.2. The van der Waals surface area contributed by atoms with Gasteiger partial charge in [0.05, 0.1) is 0 Å². The molecule has 1 aromatic rings. The molecule has 0 atom stereocenters. The second-order valence-corrected chi connectivity index (χ2v) is 7.37. The Morgan fingerprint density at radius 3 is 2.56 bits per heavy atom. The molecule has 1 heterocycles. The van der Waals surface area contributed by atoms with Crippen molar-refractivity contribution >= 4 is 11.9 Å². The standard InChI is InChI=1S/C20H31FN4O2/c1-24(2)14-11-22-19(26)8-7-16-9-12-25(13-10-16)20(27)23-15-17-5-3-4-6-18(17)21/h3-6,16H,7-15H2,1-2H3,(H,22,26)(H,23,27). The Morgan fingerprint density at radius 2 is 1.89 bits per heavy atom. The molecule has 0 aromatic heterocycles. The smallest absolute Gasteiger partial charge is 0.317 e. The summed E-state index contributed by atoms with van der Waals surface area (Å²) in [6.07, 6.45) is 3.20. The summed E-state index contributed by atoms with van der Waals surface area (Å²) in [4.78, 5) is 27.9. The monoisotopic (exact) mass is 378 g/mol. The zero-order valence-corrected chi connectivity index (χ0v) is 16.3. The molecule has 3 amide bonds. The van der Waals surface area contributed by atoms with E-state index in [0.29, 0.717) is 37.5 Å². The summed E-state index contributed by atoms with van der Waals surface area (Å²) in [5.74, 6) is 0.266. The van der Waals surface area contributed by atoms with Gasteiger partial charge < -0.3 is 20.4 Å². The number of urea groups is 1. The second kappa shape index (κ2) is 10.9. The van der Waals surface area contributed by atoms with E-state index in [0.717, 1.165) is 25.8 Å². The predicted molar refractivity (Wildman–Crippen MR) is 104 cm³/mol. The summed E-state index contributed by atoms with van der Waals surface area (Å²) in [6, 6.07) is 6.30. The van der Waals surface area contributed by atoms with Crippen molar-refractivity contribution in [1.29, 1.82) is 0 Å². The van der Waals surface area contributed by atoms with Crippen LogP contribution in [0.25, 0.3) is 0 Å². The van der Waals surface area contributed by atoms with Gasteiger partial charge in [0.1, 0.15) is 5.82 Å². The molecule has 0 unspecified atom stereocenters. The third kappa shape index (κ3) is 7.54. The van der Waals surface area contributed by atoms with Crippen molar-refractivity contribution in [2.24, 2.45) is 5.92 Å². The fourth-order valence-electron chi connectivity index (χ4n) is 3.19. The highest BCUT2D eigenvalue weighted by atomic mass is 19.1. The van der Waals surface area contributed by atoms with Gasteiger partial charge in [-0.25, -0.2) is 9.18 Å². The molecule has 150 valence electrons. The lowest BCUT2D eigenvalue weighted by Crippen LogP contribution is -2.44. The van der Waals surface area contributed by atoms with E-state index < -0.39 is 0 Å². The average molecular weight is 378 g/mol. The lowest BCUT2D eigenvalue weighted by Gasteiger charge is -2.32. The number of nitrogens with zero attached hydrogens (tertiary/aromatic N) is 2. The molecule has 1 aliphatic rings. The number of piperidine rings is 1. The fraction of sp³-hybridized carbons (Fsp3) is 0.600. The van der Waals surface area contributed by atoms with Gasteiger partial charge in [-0.05, 0) is 45.3 Å². The van der Waals surface area contributed by atoms with Gasteiger partial charge >= 0.3 is 6.03 Å². The van der Waals surface area contributed by atoms with Crippen LogP contribution in [0, 0.1) is 11.7 Å². The van der Waals surface area contributed by atoms with Crippen molar-refractivity contribution < 1.29 is 14.0 Å². The first-order valence-corrected chi connectivity index (χ1v) is 9.63. The van der Waals surface area contributed by atoms with Crippen molar-refractivity contribution in [3.63, 3.8) is 0 Å². The lowest BCUT2D eigenvalue weighted by atomic mass is 9.92. The maximum absolute atomic E-state index is 13.6. The predicted octanol–water partition coefficient (Wildman–Crippen LogP) is 2.21. The van der Waals surface area contributed by atoms with E-state index in [4.69, 9.17) is 0 Å². The third-order valence-corrected chi connectivity index (χ3v) is 4.95. The van der Waals surface area contributed by atoms with E-state index in [1.54, 1.807) is 23.1 Å². The van der Waals surface area contributed by atoms with Crippen molar-refractivity contribution in [2.45, 2.75) is 32.2 Å². The molecule has 27 heavy (non-hydrogen) atoms. The maximum atomic E-state index is 13.6. The minimum atomic E-state index is -0.305. The average Bonchev–Trinajstić information content (AvgIpc) is 2.65. The van der Waals surface area contributed by atoms with Gasteiger partial charge in [-0.2, -0.15) is 0 Å². The third-order valence-electron chi connectivity index (χ3n) is 4.95. The largest absolute Gasteiger partial charge is 0.355 e. The van der Waals surface area contributed by atoms with E-state index >= 15 is 0 Å². The first-order valence-electron chi connectivity index (χ1n) is 9.63. The minimum Gasteiger partial charge on any atom is -0.355 e. The van der Waals surface area contributed by atoms with E-state index in [1.165, 1.54) is 6.07 Å². The van der Waals surface area contributed by atoms with Crippen molar-refractivity contribution in [2.75, 3.05) is 40.3 Å². The summed E-state index contributed by atoms with van der Waals surface area (Å²) in [5.41, 5.74) is 0.487. The number of likely N-dealkylation sites (tertiary alicyclic amines) is 1. The number of rotatable bonds is 8. The molecule has 1 aliphatic heterocycles. The van der Waals surface area contributed by atoms with Crippen LogP contribution >= 0.6 is 0 Å². The Hall–Kier alpha value is -2.15. The number of hydrogen-bond acceptors (Lipinski definition) is 3. The van der Waals surface area contributed by atoms with Gasteiger partial charge in [0.15, 0.2) is 0 Å². The summed E-state index contributed by atoms with van der Waals surface area (Å²) in [5, 5.41) is 5.72. The summed E-state index contributed by atoms with van der Waals surface area (Å²) >= 11 is 0. The van der Waals surface area contributed by atoms with Gasteiger partial charge in [-0.1, -0.05) is 18.2 Å². The molecule has 6 nitrogen and oxygen atoms in total. The van der Waals surface area contributed by atoms with Gasteiger partial charge in [0, 0.05) is 44.7 Å². The zero-order chi connectivity index (χ0) is 19.6. The molecule has 0 saturated carbocycles.